The van der Waals surface area contributed by atoms with E-state index in [-0.39, 0.29) is 17.9 Å². The fourth-order valence-electron chi connectivity index (χ4n) is 3.64. The van der Waals surface area contributed by atoms with Gasteiger partial charge >= 0.3 is 0 Å². The minimum atomic E-state index is -0.151. The summed E-state index contributed by atoms with van der Waals surface area (Å²) in [6, 6.07) is 7.64. The number of piperidine rings is 1. The zero-order valence-electron chi connectivity index (χ0n) is 19.2. The van der Waals surface area contributed by atoms with E-state index >= 15 is 0 Å². The number of likely N-dealkylation sites (tertiary alicyclic amines) is 1. The van der Waals surface area contributed by atoms with E-state index in [1.807, 2.05) is 31.2 Å². The Hall–Kier alpha value is -2.48. The van der Waals surface area contributed by atoms with Gasteiger partial charge < -0.3 is 30.7 Å². The molecule has 1 aromatic carbocycles. The van der Waals surface area contributed by atoms with Gasteiger partial charge in [-0.05, 0) is 71.3 Å². The predicted octanol–water partition coefficient (Wildman–Crippen LogP) is 2.00. The van der Waals surface area contributed by atoms with Gasteiger partial charge in [-0.2, -0.15) is 0 Å². The third-order valence-corrected chi connectivity index (χ3v) is 5.43. The number of unbranched alkanes of at least 4 members (excludes halogenated alkanes) is 1. The standard InChI is InChI=1S/C23H39N5O3/c1-4-25-23(27-17-18(2)31-21-10-6-5-9-20(21)30-3)26-13-7-8-14-28-15-11-19(12-16-28)22(24)29/h5-6,9-10,18-19H,4,7-8,11-17H2,1-3H3,(H2,24,29)(H2,25,26,27). The summed E-state index contributed by atoms with van der Waals surface area (Å²) in [5, 5.41) is 6.69. The summed E-state index contributed by atoms with van der Waals surface area (Å²) in [4.78, 5) is 18.3. The summed E-state index contributed by atoms with van der Waals surface area (Å²) in [5.74, 6) is 2.17. The molecule has 1 heterocycles. The van der Waals surface area contributed by atoms with Gasteiger partial charge in [0.2, 0.25) is 5.91 Å². The van der Waals surface area contributed by atoms with Crippen molar-refractivity contribution in [3.05, 3.63) is 24.3 Å². The second kappa shape index (κ2) is 13.7. The molecular weight excluding hydrogens is 394 g/mol. The smallest absolute Gasteiger partial charge is 0.220 e. The van der Waals surface area contributed by atoms with Gasteiger partial charge in [-0.1, -0.05) is 12.1 Å². The summed E-state index contributed by atoms with van der Waals surface area (Å²) < 4.78 is 11.3. The van der Waals surface area contributed by atoms with Gasteiger partial charge in [0, 0.05) is 19.0 Å². The van der Waals surface area contributed by atoms with E-state index in [0.29, 0.717) is 6.54 Å². The van der Waals surface area contributed by atoms with Gasteiger partial charge in [0.1, 0.15) is 6.10 Å². The highest BCUT2D eigenvalue weighted by Gasteiger charge is 2.22. The number of benzene rings is 1. The third-order valence-electron chi connectivity index (χ3n) is 5.43. The lowest BCUT2D eigenvalue weighted by molar-refractivity contribution is -0.123. The average Bonchev–Trinajstić information content (AvgIpc) is 2.77. The second-order valence-corrected chi connectivity index (χ2v) is 7.95. The van der Waals surface area contributed by atoms with Crippen LogP contribution in [0, 0.1) is 5.92 Å². The third kappa shape index (κ3) is 9.04. The Morgan fingerprint density at radius 1 is 1.23 bits per heavy atom. The van der Waals surface area contributed by atoms with Crippen molar-refractivity contribution in [2.75, 3.05) is 46.4 Å². The maximum atomic E-state index is 11.3. The van der Waals surface area contributed by atoms with Gasteiger partial charge in [0.05, 0.1) is 13.7 Å². The first-order valence-corrected chi connectivity index (χ1v) is 11.4. The lowest BCUT2D eigenvalue weighted by Crippen LogP contribution is -2.40. The normalized spacial score (nSPS) is 16.5. The zero-order chi connectivity index (χ0) is 22.5. The Balaban J connectivity index is 1.67. The number of aliphatic imine (C=N–C) groups is 1. The van der Waals surface area contributed by atoms with Crippen LogP contribution in [0.2, 0.25) is 0 Å². The fraction of sp³-hybridized carbons (Fsp3) is 0.652. The maximum Gasteiger partial charge on any atom is 0.220 e. The lowest BCUT2D eigenvalue weighted by Gasteiger charge is -2.30. The van der Waals surface area contributed by atoms with Crippen molar-refractivity contribution in [2.24, 2.45) is 16.6 Å². The van der Waals surface area contributed by atoms with E-state index in [1.54, 1.807) is 7.11 Å². The number of rotatable bonds is 12. The number of methoxy groups -OCH3 is 1. The van der Waals surface area contributed by atoms with Crippen LogP contribution in [0.1, 0.15) is 39.5 Å². The number of nitrogens with two attached hydrogens (primary N) is 1. The molecule has 31 heavy (non-hydrogen) atoms. The number of guanidine groups is 1. The Bertz CT molecular complexity index is 690. The number of para-hydroxylation sites is 2. The number of primary amides is 1. The predicted molar refractivity (Wildman–Crippen MR) is 125 cm³/mol. The molecule has 0 radical (unpaired) electrons. The summed E-state index contributed by atoms with van der Waals surface area (Å²) in [6.07, 6.45) is 3.88. The molecule has 2 rings (SSSR count). The largest absolute Gasteiger partial charge is 0.493 e. The molecule has 8 heteroatoms. The number of ether oxygens (including phenoxy) is 2. The molecule has 0 aromatic heterocycles. The first kappa shape index (κ1) is 24.8. The molecule has 1 atom stereocenters. The molecule has 0 bridgehead atoms. The van der Waals surface area contributed by atoms with Gasteiger partial charge in [-0.15, -0.1) is 0 Å². The van der Waals surface area contributed by atoms with Crippen LogP contribution in [0.25, 0.3) is 0 Å². The molecule has 0 spiro atoms. The monoisotopic (exact) mass is 433 g/mol. The number of nitrogens with zero attached hydrogens (tertiary/aromatic N) is 2. The SMILES string of the molecule is CCNC(=NCC(C)Oc1ccccc1OC)NCCCCN1CCC(C(N)=O)CC1. The van der Waals surface area contributed by atoms with Crippen molar-refractivity contribution in [3.63, 3.8) is 0 Å². The molecule has 0 aliphatic carbocycles. The van der Waals surface area contributed by atoms with Crippen molar-refractivity contribution in [3.8, 4) is 11.5 Å². The number of nitrogens with one attached hydrogen (secondary N) is 2. The molecule has 1 aliphatic heterocycles. The average molecular weight is 434 g/mol. The van der Waals surface area contributed by atoms with Crippen molar-refractivity contribution in [1.29, 1.82) is 0 Å². The van der Waals surface area contributed by atoms with E-state index in [1.165, 1.54) is 0 Å². The van der Waals surface area contributed by atoms with Gasteiger partial charge in [-0.25, -0.2) is 4.99 Å². The van der Waals surface area contributed by atoms with Crippen LogP contribution in [0.5, 0.6) is 11.5 Å². The number of amides is 1. The van der Waals surface area contributed by atoms with Crippen molar-refractivity contribution in [2.45, 2.75) is 45.6 Å². The highest BCUT2D eigenvalue weighted by Crippen LogP contribution is 2.26. The minimum Gasteiger partial charge on any atom is -0.493 e. The Morgan fingerprint density at radius 2 is 1.94 bits per heavy atom. The van der Waals surface area contributed by atoms with Crippen LogP contribution in [-0.4, -0.2) is 69.2 Å². The van der Waals surface area contributed by atoms with Gasteiger partial charge in [0.15, 0.2) is 17.5 Å². The topological polar surface area (TPSA) is 101 Å². The van der Waals surface area contributed by atoms with Crippen LogP contribution in [-0.2, 0) is 4.79 Å². The Morgan fingerprint density at radius 3 is 2.58 bits per heavy atom. The minimum absolute atomic E-state index is 0.0613. The molecule has 0 saturated carbocycles. The second-order valence-electron chi connectivity index (χ2n) is 7.95. The van der Waals surface area contributed by atoms with Crippen LogP contribution < -0.4 is 25.8 Å². The summed E-state index contributed by atoms with van der Waals surface area (Å²) in [7, 11) is 1.64. The van der Waals surface area contributed by atoms with E-state index in [9.17, 15) is 4.79 Å². The highest BCUT2D eigenvalue weighted by molar-refractivity contribution is 5.79. The molecule has 8 nitrogen and oxygen atoms in total. The number of carbonyl (C=O) groups is 1. The number of hydrogen-bond acceptors (Lipinski definition) is 5. The van der Waals surface area contributed by atoms with Gasteiger partial charge in [0.25, 0.3) is 0 Å². The molecule has 1 aromatic rings. The lowest BCUT2D eigenvalue weighted by atomic mass is 9.96. The summed E-state index contributed by atoms with van der Waals surface area (Å²) in [6.45, 7) is 9.27. The fourth-order valence-corrected chi connectivity index (χ4v) is 3.64. The van der Waals surface area contributed by atoms with Crippen LogP contribution in [0.3, 0.4) is 0 Å². The van der Waals surface area contributed by atoms with Gasteiger partial charge in [-0.3, -0.25) is 4.79 Å². The Kier molecular flexibility index (Phi) is 11.0. The first-order chi connectivity index (χ1) is 15.0. The molecule has 1 fully saturated rings. The molecular formula is C23H39N5O3. The first-order valence-electron chi connectivity index (χ1n) is 11.4. The molecule has 1 unspecified atom stereocenters. The quantitative estimate of drug-likeness (QED) is 0.265. The van der Waals surface area contributed by atoms with Crippen LogP contribution in [0.4, 0.5) is 0 Å². The van der Waals surface area contributed by atoms with E-state index in [2.05, 4.69) is 27.4 Å². The molecule has 174 valence electrons. The Labute approximate surface area is 186 Å². The van der Waals surface area contributed by atoms with E-state index < -0.39 is 0 Å². The maximum absolute atomic E-state index is 11.3. The number of hydrogen-bond donors (Lipinski definition) is 3. The summed E-state index contributed by atoms with van der Waals surface area (Å²) in [5.41, 5.74) is 5.40. The highest BCUT2D eigenvalue weighted by atomic mass is 16.5. The van der Waals surface area contributed by atoms with Crippen molar-refractivity contribution in [1.82, 2.24) is 15.5 Å². The number of carbonyl (C=O) groups excluding carboxylic acids is 1. The summed E-state index contributed by atoms with van der Waals surface area (Å²) >= 11 is 0. The molecule has 4 N–H and O–H groups in total. The molecule has 1 aliphatic rings. The van der Waals surface area contributed by atoms with E-state index in [0.717, 1.165) is 75.9 Å². The van der Waals surface area contributed by atoms with Crippen LogP contribution in [0.15, 0.2) is 29.3 Å². The molecule has 1 amide bonds. The zero-order valence-corrected chi connectivity index (χ0v) is 19.2. The van der Waals surface area contributed by atoms with Crippen LogP contribution >= 0.6 is 0 Å². The van der Waals surface area contributed by atoms with Crippen molar-refractivity contribution >= 4 is 11.9 Å². The van der Waals surface area contributed by atoms with Crippen molar-refractivity contribution < 1.29 is 14.3 Å². The molecule has 1 saturated heterocycles. The van der Waals surface area contributed by atoms with E-state index in [4.69, 9.17) is 15.2 Å².